The number of carbonyl (C=O) groups is 1. The lowest BCUT2D eigenvalue weighted by atomic mass is 10.1. The number of halogens is 1. The minimum atomic E-state index is -0.169. The first kappa shape index (κ1) is 16.0. The van der Waals surface area contributed by atoms with Crippen LogP contribution in [0.1, 0.15) is 0 Å². The van der Waals surface area contributed by atoms with Crippen molar-refractivity contribution >= 4 is 29.0 Å². The minimum Gasteiger partial charge on any atom is -0.376 e. The molecule has 0 unspecified atom stereocenters. The molecule has 2 aromatic carbocycles. The van der Waals surface area contributed by atoms with Gasteiger partial charge in [-0.25, -0.2) is 4.98 Å². The van der Waals surface area contributed by atoms with E-state index in [-0.39, 0.29) is 12.5 Å². The summed E-state index contributed by atoms with van der Waals surface area (Å²) in [7, 11) is 0. The van der Waals surface area contributed by atoms with Crippen molar-refractivity contribution in [3.8, 4) is 11.1 Å². The fraction of sp³-hybridized carbons (Fsp3) is 0.0526. The van der Waals surface area contributed by atoms with Crippen molar-refractivity contribution in [2.75, 3.05) is 17.2 Å². The zero-order valence-corrected chi connectivity index (χ0v) is 13.6. The fourth-order valence-corrected chi connectivity index (χ4v) is 2.34. The second-order valence-electron chi connectivity index (χ2n) is 5.21. The highest BCUT2D eigenvalue weighted by Crippen LogP contribution is 2.20. The van der Waals surface area contributed by atoms with Gasteiger partial charge in [-0.15, -0.1) is 0 Å². The zero-order valence-electron chi connectivity index (χ0n) is 12.9. The van der Waals surface area contributed by atoms with Crippen LogP contribution >= 0.6 is 11.6 Å². The number of benzene rings is 2. The number of rotatable bonds is 5. The van der Waals surface area contributed by atoms with Gasteiger partial charge in [0, 0.05) is 11.9 Å². The quantitative estimate of drug-likeness (QED) is 0.723. The Morgan fingerprint density at radius 3 is 2.29 bits per heavy atom. The summed E-state index contributed by atoms with van der Waals surface area (Å²) >= 11 is 5.76. The lowest BCUT2D eigenvalue weighted by Crippen LogP contribution is -2.22. The molecule has 1 heterocycles. The Labute approximate surface area is 145 Å². The van der Waals surface area contributed by atoms with E-state index in [4.69, 9.17) is 11.6 Å². The Bertz CT molecular complexity index is 802. The van der Waals surface area contributed by atoms with E-state index >= 15 is 0 Å². The van der Waals surface area contributed by atoms with E-state index in [1.165, 1.54) is 6.20 Å². The summed E-state index contributed by atoms with van der Waals surface area (Å²) in [6, 6.07) is 21.4. The van der Waals surface area contributed by atoms with Crippen molar-refractivity contribution < 1.29 is 4.79 Å². The molecule has 0 aliphatic rings. The molecule has 24 heavy (non-hydrogen) atoms. The highest BCUT2D eigenvalue weighted by Gasteiger charge is 2.04. The van der Waals surface area contributed by atoms with Gasteiger partial charge >= 0.3 is 0 Å². The smallest absolute Gasteiger partial charge is 0.244 e. The van der Waals surface area contributed by atoms with Gasteiger partial charge in [0.2, 0.25) is 5.91 Å². The first-order valence-corrected chi connectivity index (χ1v) is 7.89. The molecule has 0 spiro atoms. The Kier molecular flexibility index (Phi) is 5.08. The van der Waals surface area contributed by atoms with Gasteiger partial charge in [0.25, 0.3) is 0 Å². The zero-order chi connectivity index (χ0) is 16.8. The van der Waals surface area contributed by atoms with E-state index in [0.717, 1.165) is 16.8 Å². The SMILES string of the molecule is O=C(CNc1ccc(-c2ccccc2)cc1)Nc1ccc(Cl)cn1. The third-order valence-electron chi connectivity index (χ3n) is 3.44. The van der Waals surface area contributed by atoms with E-state index < -0.39 is 0 Å². The summed E-state index contributed by atoms with van der Waals surface area (Å²) in [6.45, 7) is 0.162. The molecule has 3 aromatic rings. The number of hydrogen-bond donors (Lipinski definition) is 2. The minimum absolute atomic E-state index is 0.162. The topological polar surface area (TPSA) is 54.0 Å². The van der Waals surface area contributed by atoms with Gasteiger partial charge in [-0.3, -0.25) is 4.79 Å². The maximum Gasteiger partial charge on any atom is 0.244 e. The van der Waals surface area contributed by atoms with Crippen molar-refractivity contribution in [2.45, 2.75) is 0 Å². The highest BCUT2D eigenvalue weighted by molar-refractivity contribution is 6.30. The predicted octanol–water partition coefficient (Wildman–Crippen LogP) is 4.45. The molecule has 0 fully saturated rings. The van der Waals surface area contributed by atoms with Crippen LogP contribution in [0, 0.1) is 0 Å². The molecule has 2 N–H and O–H groups in total. The van der Waals surface area contributed by atoms with E-state index in [2.05, 4.69) is 27.8 Å². The number of nitrogens with one attached hydrogen (secondary N) is 2. The third-order valence-corrected chi connectivity index (χ3v) is 3.66. The van der Waals surface area contributed by atoms with Crippen LogP contribution in [0.15, 0.2) is 72.9 Å². The summed E-state index contributed by atoms with van der Waals surface area (Å²) < 4.78 is 0. The van der Waals surface area contributed by atoms with Gasteiger partial charge in [0.05, 0.1) is 11.6 Å². The van der Waals surface area contributed by atoms with E-state index in [9.17, 15) is 4.79 Å². The summed E-state index contributed by atoms with van der Waals surface area (Å²) in [6.07, 6.45) is 1.49. The molecule has 0 atom stereocenters. The molecule has 0 radical (unpaired) electrons. The number of hydrogen-bond acceptors (Lipinski definition) is 3. The molecule has 0 saturated heterocycles. The summed E-state index contributed by atoms with van der Waals surface area (Å²) in [5.41, 5.74) is 3.18. The van der Waals surface area contributed by atoms with E-state index in [1.807, 2.05) is 42.5 Å². The monoisotopic (exact) mass is 337 g/mol. The average Bonchev–Trinajstić information content (AvgIpc) is 2.63. The number of pyridine rings is 1. The number of amides is 1. The van der Waals surface area contributed by atoms with Gasteiger partial charge in [-0.1, -0.05) is 54.1 Å². The van der Waals surface area contributed by atoms with E-state index in [0.29, 0.717) is 10.8 Å². The second kappa shape index (κ2) is 7.62. The number of nitrogens with zero attached hydrogens (tertiary/aromatic N) is 1. The van der Waals surface area contributed by atoms with Crippen molar-refractivity contribution in [1.29, 1.82) is 0 Å². The van der Waals surface area contributed by atoms with Crippen LogP contribution < -0.4 is 10.6 Å². The molecule has 4 nitrogen and oxygen atoms in total. The summed E-state index contributed by atoms with van der Waals surface area (Å²) in [5, 5.41) is 6.33. The normalized spacial score (nSPS) is 10.2. The predicted molar refractivity (Wildman–Crippen MR) is 98.2 cm³/mol. The fourth-order valence-electron chi connectivity index (χ4n) is 2.23. The Morgan fingerprint density at radius 1 is 0.917 bits per heavy atom. The van der Waals surface area contributed by atoms with Crippen molar-refractivity contribution in [3.63, 3.8) is 0 Å². The lowest BCUT2D eigenvalue weighted by Gasteiger charge is -2.08. The van der Waals surface area contributed by atoms with Gasteiger partial charge < -0.3 is 10.6 Å². The van der Waals surface area contributed by atoms with Crippen LogP contribution in [-0.4, -0.2) is 17.4 Å². The number of aromatic nitrogens is 1. The molecular formula is C19H16ClN3O. The van der Waals surface area contributed by atoms with Crippen LogP contribution in [0.2, 0.25) is 5.02 Å². The van der Waals surface area contributed by atoms with Gasteiger partial charge in [-0.05, 0) is 35.4 Å². The van der Waals surface area contributed by atoms with Crippen LogP contribution in [0.25, 0.3) is 11.1 Å². The Balaban J connectivity index is 1.54. The molecule has 1 aromatic heterocycles. The summed E-state index contributed by atoms with van der Waals surface area (Å²) in [4.78, 5) is 15.9. The largest absolute Gasteiger partial charge is 0.376 e. The lowest BCUT2D eigenvalue weighted by molar-refractivity contribution is -0.114. The number of carbonyl (C=O) groups excluding carboxylic acids is 1. The molecular weight excluding hydrogens is 322 g/mol. The summed E-state index contributed by atoms with van der Waals surface area (Å²) in [5.74, 6) is 0.308. The van der Waals surface area contributed by atoms with Gasteiger partial charge in [0.15, 0.2) is 0 Å². The van der Waals surface area contributed by atoms with Gasteiger partial charge in [-0.2, -0.15) is 0 Å². The van der Waals surface area contributed by atoms with Crippen LogP contribution in [0.3, 0.4) is 0 Å². The van der Waals surface area contributed by atoms with Crippen molar-refractivity contribution in [3.05, 3.63) is 77.9 Å². The van der Waals surface area contributed by atoms with Crippen molar-refractivity contribution in [2.24, 2.45) is 0 Å². The highest BCUT2D eigenvalue weighted by atomic mass is 35.5. The average molecular weight is 338 g/mol. The first-order chi connectivity index (χ1) is 11.7. The molecule has 0 aliphatic carbocycles. The first-order valence-electron chi connectivity index (χ1n) is 7.51. The maximum absolute atomic E-state index is 11.9. The van der Waals surface area contributed by atoms with Crippen molar-refractivity contribution in [1.82, 2.24) is 4.98 Å². The number of anilines is 2. The Hall–Kier alpha value is -2.85. The molecule has 3 rings (SSSR count). The molecule has 0 bridgehead atoms. The van der Waals surface area contributed by atoms with E-state index in [1.54, 1.807) is 12.1 Å². The maximum atomic E-state index is 11.9. The molecule has 1 amide bonds. The molecule has 0 saturated carbocycles. The standard InChI is InChI=1S/C19H16ClN3O/c20-16-8-11-18(22-12-16)23-19(24)13-21-17-9-6-15(7-10-17)14-4-2-1-3-5-14/h1-12,21H,13H2,(H,22,23,24). The third kappa shape index (κ3) is 4.33. The van der Waals surface area contributed by atoms with Crippen LogP contribution in [0.5, 0.6) is 0 Å². The second-order valence-corrected chi connectivity index (χ2v) is 5.64. The van der Waals surface area contributed by atoms with Gasteiger partial charge in [0.1, 0.15) is 5.82 Å². The molecule has 120 valence electrons. The molecule has 5 heteroatoms. The molecule has 0 aliphatic heterocycles. The Morgan fingerprint density at radius 2 is 1.62 bits per heavy atom. The van der Waals surface area contributed by atoms with Crippen LogP contribution in [-0.2, 0) is 4.79 Å². The van der Waals surface area contributed by atoms with Crippen LogP contribution in [0.4, 0.5) is 11.5 Å².